The standard InChI is InChI=1S/C15H12BrFO2/c16-12-5-3-6-14(9-12)19-10-13(18)8-11-4-1-2-7-15(11)17/h1-7,9H,8,10H2. The van der Waals surface area contributed by atoms with Crippen molar-refractivity contribution in [2.24, 2.45) is 0 Å². The SMILES string of the molecule is O=C(COc1cccc(Br)c1)Cc1ccccc1F. The third kappa shape index (κ3) is 4.17. The van der Waals surface area contributed by atoms with E-state index in [-0.39, 0.29) is 24.6 Å². The van der Waals surface area contributed by atoms with Gasteiger partial charge in [-0.25, -0.2) is 4.39 Å². The fraction of sp³-hybridized carbons (Fsp3) is 0.133. The Hall–Kier alpha value is -1.68. The highest BCUT2D eigenvalue weighted by Gasteiger charge is 2.08. The summed E-state index contributed by atoms with van der Waals surface area (Å²) in [5.74, 6) is 0.0830. The van der Waals surface area contributed by atoms with Crippen LogP contribution in [0.3, 0.4) is 0 Å². The van der Waals surface area contributed by atoms with Gasteiger partial charge in [0, 0.05) is 10.9 Å². The van der Waals surface area contributed by atoms with E-state index in [2.05, 4.69) is 15.9 Å². The first-order valence-corrected chi connectivity index (χ1v) is 6.58. The summed E-state index contributed by atoms with van der Waals surface area (Å²) in [4.78, 5) is 11.7. The van der Waals surface area contributed by atoms with Gasteiger partial charge in [0.05, 0.1) is 0 Å². The molecule has 0 fully saturated rings. The van der Waals surface area contributed by atoms with Crippen molar-refractivity contribution in [2.45, 2.75) is 6.42 Å². The Labute approximate surface area is 119 Å². The number of carbonyl (C=O) groups is 1. The average molecular weight is 323 g/mol. The fourth-order valence-corrected chi connectivity index (χ4v) is 2.00. The minimum Gasteiger partial charge on any atom is -0.486 e. The summed E-state index contributed by atoms with van der Waals surface area (Å²) in [7, 11) is 0. The summed E-state index contributed by atoms with van der Waals surface area (Å²) in [6.45, 7) is -0.0647. The Bertz CT molecular complexity index is 584. The first-order valence-electron chi connectivity index (χ1n) is 5.78. The molecule has 0 unspecified atom stereocenters. The van der Waals surface area contributed by atoms with Crippen LogP contribution in [-0.4, -0.2) is 12.4 Å². The number of rotatable bonds is 5. The van der Waals surface area contributed by atoms with Gasteiger partial charge >= 0.3 is 0 Å². The number of hydrogen-bond donors (Lipinski definition) is 0. The highest BCUT2D eigenvalue weighted by Crippen LogP contribution is 2.17. The van der Waals surface area contributed by atoms with E-state index in [9.17, 15) is 9.18 Å². The molecule has 0 aliphatic rings. The van der Waals surface area contributed by atoms with Crippen molar-refractivity contribution in [1.82, 2.24) is 0 Å². The Kier molecular flexibility index (Phi) is 4.68. The molecule has 0 N–H and O–H groups in total. The minimum absolute atomic E-state index is 0.0423. The number of ether oxygens (including phenoxy) is 1. The van der Waals surface area contributed by atoms with Gasteiger partial charge in [-0.15, -0.1) is 0 Å². The van der Waals surface area contributed by atoms with Crippen molar-refractivity contribution in [3.05, 3.63) is 64.4 Å². The van der Waals surface area contributed by atoms with E-state index in [1.165, 1.54) is 6.07 Å². The molecule has 2 nitrogen and oxygen atoms in total. The third-order valence-electron chi connectivity index (χ3n) is 2.54. The van der Waals surface area contributed by atoms with E-state index in [4.69, 9.17) is 4.74 Å². The van der Waals surface area contributed by atoms with Crippen molar-refractivity contribution >= 4 is 21.7 Å². The van der Waals surface area contributed by atoms with E-state index in [1.54, 1.807) is 30.3 Å². The van der Waals surface area contributed by atoms with E-state index in [1.807, 2.05) is 12.1 Å². The Balaban J connectivity index is 1.90. The predicted molar refractivity (Wildman–Crippen MR) is 74.7 cm³/mol. The summed E-state index contributed by atoms with van der Waals surface area (Å²) >= 11 is 3.32. The molecule has 0 spiro atoms. The van der Waals surface area contributed by atoms with Gasteiger partial charge in [-0.2, -0.15) is 0 Å². The molecular formula is C15H12BrFO2. The van der Waals surface area contributed by atoms with Crippen LogP contribution in [-0.2, 0) is 11.2 Å². The van der Waals surface area contributed by atoms with Crippen LogP contribution in [0.5, 0.6) is 5.75 Å². The molecule has 2 aromatic carbocycles. The largest absolute Gasteiger partial charge is 0.486 e. The molecule has 0 radical (unpaired) electrons. The molecule has 0 heterocycles. The molecule has 2 aromatic rings. The molecule has 0 aliphatic carbocycles. The van der Waals surface area contributed by atoms with Crippen LogP contribution < -0.4 is 4.74 Å². The Morgan fingerprint density at radius 2 is 1.95 bits per heavy atom. The number of benzene rings is 2. The second kappa shape index (κ2) is 6.48. The molecule has 0 bridgehead atoms. The third-order valence-corrected chi connectivity index (χ3v) is 3.03. The van der Waals surface area contributed by atoms with Gasteiger partial charge < -0.3 is 4.74 Å². The Morgan fingerprint density at radius 3 is 2.68 bits per heavy atom. The number of Topliss-reactive ketones (excluding diaryl/α,β-unsaturated/α-hetero) is 1. The molecular weight excluding hydrogens is 311 g/mol. The van der Waals surface area contributed by atoms with E-state index >= 15 is 0 Å². The number of halogens is 2. The Morgan fingerprint density at radius 1 is 1.16 bits per heavy atom. The lowest BCUT2D eigenvalue weighted by Gasteiger charge is -2.06. The van der Waals surface area contributed by atoms with Crippen LogP contribution >= 0.6 is 15.9 Å². The molecule has 0 aliphatic heterocycles. The van der Waals surface area contributed by atoms with Crippen molar-refractivity contribution < 1.29 is 13.9 Å². The average Bonchev–Trinajstić information content (AvgIpc) is 2.39. The number of carbonyl (C=O) groups excluding carboxylic acids is 1. The first kappa shape index (κ1) is 13.7. The summed E-state index contributed by atoms with van der Waals surface area (Å²) in [6, 6.07) is 13.5. The lowest BCUT2D eigenvalue weighted by molar-refractivity contribution is -0.120. The van der Waals surface area contributed by atoms with Gasteiger partial charge in [0.15, 0.2) is 5.78 Å². The summed E-state index contributed by atoms with van der Waals surface area (Å²) in [5.41, 5.74) is 0.394. The van der Waals surface area contributed by atoms with Gasteiger partial charge in [0.2, 0.25) is 0 Å². The predicted octanol–water partition coefficient (Wildman–Crippen LogP) is 3.78. The lowest BCUT2D eigenvalue weighted by Crippen LogP contribution is -2.14. The first-order chi connectivity index (χ1) is 9.15. The highest BCUT2D eigenvalue weighted by atomic mass is 79.9. The van der Waals surface area contributed by atoms with Crippen LogP contribution in [0.15, 0.2) is 53.0 Å². The molecule has 0 saturated carbocycles. The summed E-state index contributed by atoms with van der Waals surface area (Å²) in [5, 5.41) is 0. The monoisotopic (exact) mass is 322 g/mol. The van der Waals surface area contributed by atoms with E-state index < -0.39 is 0 Å². The van der Waals surface area contributed by atoms with Crippen molar-refractivity contribution in [2.75, 3.05) is 6.61 Å². The van der Waals surface area contributed by atoms with Gasteiger partial charge in [-0.05, 0) is 29.8 Å². The van der Waals surface area contributed by atoms with E-state index in [0.29, 0.717) is 11.3 Å². The zero-order chi connectivity index (χ0) is 13.7. The zero-order valence-electron chi connectivity index (χ0n) is 10.1. The smallest absolute Gasteiger partial charge is 0.174 e. The quantitative estimate of drug-likeness (QED) is 0.837. The van der Waals surface area contributed by atoms with Crippen molar-refractivity contribution in [3.8, 4) is 5.75 Å². The van der Waals surface area contributed by atoms with Gasteiger partial charge in [0.1, 0.15) is 18.2 Å². The second-order valence-corrected chi connectivity index (χ2v) is 4.97. The van der Waals surface area contributed by atoms with Crippen LogP contribution in [0.1, 0.15) is 5.56 Å². The molecule has 98 valence electrons. The summed E-state index contributed by atoms with van der Waals surface area (Å²) < 4.78 is 19.6. The maximum absolute atomic E-state index is 13.4. The molecule has 0 amide bonds. The maximum atomic E-state index is 13.4. The summed E-state index contributed by atoms with van der Waals surface area (Å²) in [6.07, 6.45) is 0.0423. The van der Waals surface area contributed by atoms with Crippen LogP contribution in [0.25, 0.3) is 0 Å². The zero-order valence-corrected chi connectivity index (χ0v) is 11.7. The highest BCUT2D eigenvalue weighted by molar-refractivity contribution is 9.10. The topological polar surface area (TPSA) is 26.3 Å². The number of ketones is 1. The minimum atomic E-state index is -0.363. The number of hydrogen-bond acceptors (Lipinski definition) is 2. The fourth-order valence-electron chi connectivity index (χ4n) is 1.63. The van der Waals surface area contributed by atoms with Crippen molar-refractivity contribution in [1.29, 1.82) is 0 Å². The molecule has 2 rings (SSSR count). The molecule has 19 heavy (non-hydrogen) atoms. The van der Waals surface area contributed by atoms with Crippen LogP contribution in [0.2, 0.25) is 0 Å². The molecule has 0 aromatic heterocycles. The second-order valence-electron chi connectivity index (χ2n) is 4.05. The van der Waals surface area contributed by atoms with Gasteiger partial charge in [0.25, 0.3) is 0 Å². The maximum Gasteiger partial charge on any atom is 0.174 e. The van der Waals surface area contributed by atoms with Crippen molar-refractivity contribution in [3.63, 3.8) is 0 Å². The lowest BCUT2D eigenvalue weighted by atomic mass is 10.1. The molecule has 0 atom stereocenters. The molecule has 0 saturated heterocycles. The van der Waals surface area contributed by atoms with E-state index in [0.717, 1.165) is 4.47 Å². The van der Waals surface area contributed by atoms with Gasteiger partial charge in [-0.3, -0.25) is 4.79 Å². The van der Waals surface area contributed by atoms with Crippen LogP contribution in [0, 0.1) is 5.82 Å². The normalized spacial score (nSPS) is 10.2. The molecule has 4 heteroatoms. The van der Waals surface area contributed by atoms with Crippen LogP contribution in [0.4, 0.5) is 4.39 Å². The van der Waals surface area contributed by atoms with Gasteiger partial charge in [-0.1, -0.05) is 40.2 Å².